The van der Waals surface area contributed by atoms with E-state index in [-0.39, 0.29) is 30.9 Å². The molecule has 142 valence electrons. The van der Waals surface area contributed by atoms with Crippen molar-refractivity contribution in [2.75, 3.05) is 13.2 Å². The van der Waals surface area contributed by atoms with Crippen molar-refractivity contribution in [3.05, 3.63) is 29.3 Å². The van der Waals surface area contributed by atoms with Crippen LogP contribution in [-0.2, 0) is 9.53 Å². The Morgan fingerprint density at radius 3 is 2.93 bits per heavy atom. The summed E-state index contributed by atoms with van der Waals surface area (Å²) in [5, 5.41) is 34.7. The fourth-order valence-electron chi connectivity index (χ4n) is 3.61. The first kappa shape index (κ1) is 17.8. The highest BCUT2D eigenvalue weighted by atomic mass is 16.5. The Morgan fingerprint density at radius 1 is 1.44 bits per heavy atom. The predicted molar refractivity (Wildman–Crippen MR) is 93.5 cm³/mol. The minimum Gasteiger partial charge on any atom is -0.485 e. The molecule has 4 unspecified atom stereocenters. The summed E-state index contributed by atoms with van der Waals surface area (Å²) < 4.78 is 12.0. The second-order valence-electron chi connectivity index (χ2n) is 7.63. The number of nitrogens with zero attached hydrogens (tertiary/aromatic N) is 3. The van der Waals surface area contributed by atoms with E-state index in [0.29, 0.717) is 29.2 Å². The number of β-amino-alcohol motifs (C(OH)–C–C–N with tert-alkyl or cyclic N) is 1. The summed E-state index contributed by atoms with van der Waals surface area (Å²) in [7, 11) is 0. The molecule has 1 saturated carbocycles. The molecule has 0 spiro atoms. The molecule has 4 atom stereocenters. The quantitative estimate of drug-likeness (QED) is 0.817. The molecule has 27 heavy (non-hydrogen) atoms. The van der Waals surface area contributed by atoms with Gasteiger partial charge in [0.2, 0.25) is 11.8 Å². The monoisotopic (exact) mass is 371 g/mol. The van der Waals surface area contributed by atoms with Gasteiger partial charge >= 0.3 is 0 Å². The van der Waals surface area contributed by atoms with Gasteiger partial charge < -0.3 is 19.7 Å². The Labute approximate surface area is 156 Å². The zero-order valence-corrected chi connectivity index (χ0v) is 15.1. The van der Waals surface area contributed by atoms with Gasteiger partial charge in [-0.15, -0.1) is 5.10 Å². The minimum atomic E-state index is -0.997. The second-order valence-corrected chi connectivity index (χ2v) is 7.63. The molecule has 2 N–H and O–H groups in total. The standard InChI is InChI=1S/C19H21N3O5/c1-19(2)16(24)15(13-7-10(9-20)3-4-14(13)27-19)26-17-11-8-12(11)18(25)22(21-17)5-6-23/h3-4,7,11-12,15-16,23-24H,5-6,8H2,1-2H3. The lowest BCUT2D eigenvalue weighted by Gasteiger charge is -2.42. The van der Waals surface area contributed by atoms with Crippen LogP contribution in [0.2, 0.25) is 0 Å². The van der Waals surface area contributed by atoms with E-state index in [1.54, 1.807) is 32.0 Å². The molecule has 1 aromatic carbocycles. The first-order valence-electron chi connectivity index (χ1n) is 8.94. The van der Waals surface area contributed by atoms with Crippen molar-refractivity contribution < 1.29 is 24.5 Å². The highest BCUT2D eigenvalue weighted by Crippen LogP contribution is 2.48. The van der Waals surface area contributed by atoms with Gasteiger partial charge in [-0.25, -0.2) is 5.01 Å². The number of rotatable bonds is 3. The molecule has 1 aromatic rings. The summed E-state index contributed by atoms with van der Waals surface area (Å²) in [6.45, 7) is 3.44. The van der Waals surface area contributed by atoms with Crippen LogP contribution in [0.15, 0.2) is 23.3 Å². The lowest BCUT2D eigenvalue weighted by Crippen LogP contribution is -2.50. The van der Waals surface area contributed by atoms with Gasteiger partial charge in [-0.05, 0) is 38.5 Å². The number of amides is 1. The molecule has 1 aliphatic carbocycles. The molecule has 2 heterocycles. The normalized spacial score (nSPS) is 30.4. The van der Waals surface area contributed by atoms with Crippen LogP contribution in [0, 0.1) is 23.2 Å². The van der Waals surface area contributed by atoms with E-state index < -0.39 is 17.8 Å². The van der Waals surface area contributed by atoms with Crippen LogP contribution in [-0.4, -0.2) is 51.9 Å². The minimum absolute atomic E-state index is 0.103. The van der Waals surface area contributed by atoms with Gasteiger partial charge in [-0.2, -0.15) is 5.26 Å². The number of ether oxygens (including phenoxy) is 2. The van der Waals surface area contributed by atoms with E-state index in [1.807, 2.05) is 0 Å². The maximum absolute atomic E-state index is 12.2. The van der Waals surface area contributed by atoms with Gasteiger partial charge in [0.05, 0.1) is 30.7 Å². The first-order valence-corrected chi connectivity index (χ1v) is 8.94. The number of hydrazone groups is 1. The summed E-state index contributed by atoms with van der Waals surface area (Å²) in [5.41, 5.74) is 0.112. The molecule has 1 amide bonds. The highest BCUT2D eigenvalue weighted by molar-refractivity contribution is 5.96. The third-order valence-corrected chi connectivity index (χ3v) is 5.28. The van der Waals surface area contributed by atoms with Crippen molar-refractivity contribution in [3.8, 4) is 11.8 Å². The fourth-order valence-corrected chi connectivity index (χ4v) is 3.61. The fraction of sp³-hybridized carbons (Fsp3) is 0.526. The summed E-state index contributed by atoms with van der Waals surface area (Å²) >= 11 is 0. The molecule has 4 rings (SSSR count). The summed E-state index contributed by atoms with van der Waals surface area (Å²) in [5.74, 6) is 0.526. The molecular weight excluding hydrogens is 350 g/mol. The van der Waals surface area contributed by atoms with E-state index >= 15 is 0 Å². The van der Waals surface area contributed by atoms with Crippen LogP contribution >= 0.6 is 0 Å². The number of aliphatic hydroxyl groups excluding tert-OH is 2. The Kier molecular flexibility index (Phi) is 4.09. The Bertz CT molecular complexity index is 859. The molecule has 2 aliphatic heterocycles. The van der Waals surface area contributed by atoms with E-state index in [0.717, 1.165) is 0 Å². The highest BCUT2D eigenvalue weighted by Gasteiger charge is 2.54. The van der Waals surface area contributed by atoms with Crippen LogP contribution < -0.4 is 4.74 Å². The smallest absolute Gasteiger partial charge is 0.246 e. The third-order valence-electron chi connectivity index (χ3n) is 5.28. The maximum Gasteiger partial charge on any atom is 0.246 e. The molecule has 0 saturated heterocycles. The van der Waals surface area contributed by atoms with Crippen molar-refractivity contribution in [2.45, 2.75) is 38.1 Å². The first-order chi connectivity index (χ1) is 12.9. The zero-order valence-electron chi connectivity index (χ0n) is 15.1. The van der Waals surface area contributed by atoms with Crippen LogP contribution in [0.3, 0.4) is 0 Å². The number of aliphatic hydroxyl groups is 2. The average molecular weight is 371 g/mol. The Balaban J connectivity index is 1.70. The molecule has 8 heteroatoms. The Morgan fingerprint density at radius 2 is 2.22 bits per heavy atom. The van der Waals surface area contributed by atoms with Gasteiger partial charge in [-0.3, -0.25) is 4.79 Å². The van der Waals surface area contributed by atoms with E-state index in [2.05, 4.69) is 11.2 Å². The summed E-state index contributed by atoms with van der Waals surface area (Å²) in [4.78, 5) is 12.2. The van der Waals surface area contributed by atoms with Crippen molar-refractivity contribution in [1.29, 1.82) is 5.26 Å². The van der Waals surface area contributed by atoms with Gasteiger partial charge in [0, 0.05) is 11.5 Å². The topological polar surface area (TPSA) is 115 Å². The van der Waals surface area contributed by atoms with Crippen molar-refractivity contribution in [1.82, 2.24) is 5.01 Å². The SMILES string of the molecule is CC1(C)Oc2ccc(C#N)cc2C(OC2=NN(CCO)C(=O)C3CC23)C1O. The number of hydrogen-bond donors (Lipinski definition) is 2. The van der Waals surface area contributed by atoms with Gasteiger partial charge in [0.15, 0.2) is 6.10 Å². The van der Waals surface area contributed by atoms with Crippen molar-refractivity contribution >= 4 is 11.8 Å². The van der Waals surface area contributed by atoms with Gasteiger partial charge in [0.25, 0.3) is 0 Å². The van der Waals surface area contributed by atoms with E-state index in [1.165, 1.54) is 5.01 Å². The largest absolute Gasteiger partial charge is 0.485 e. The zero-order chi connectivity index (χ0) is 19.3. The van der Waals surface area contributed by atoms with Gasteiger partial charge in [0.1, 0.15) is 17.5 Å². The maximum atomic E-state index is 12.2. The molecular formula is C19H21N3O5. The third kappa shape index (κ3) is 2.93. The average Bonchev–Trinajstić information content (AvgIpc) is 3.43. The number of fused-ring (bicyclic) bond motifs is 2. The lowest BCUT2D eigenvalue weighted by atomic mass is 9.87. The molecule has 0 aromatic heterocycles. The van der Waals surface area contributed by atoms with E-state index in [9.17, 15) is 15.2 Å². The molecule has 1 fully saturated rings. The number of carbonyl (C=O) groups excluding carboxylic acids is 1. The Hall–Kier alpha value is -2.63. The van der Waals surface area contributed by atoms with Crippen LogP contribution in [0.4, 0.5) is 0 Å². The summed E-state index contributed by atoms with van der Waals surface area (Å²) in [6.07, 6.45) is -1.13. The number of carbonyl (C=O) groups is 1. The molecule has 0 radical (unpaired) electrons. The molecule has 8 nitrogen and oxygen atoms in total. The van der Waals surface area contributed by atoms with Gasteiger partial charge in [-0.1, -0.05) is 0 Å². The van der Waals surface area contributed by atoms with Crippen LogP contribution in [0.25, 0.3) is 0 Å². The van der Waals surface area contributed by atoms with Crippen molar-refractivity contribution in [2.24, 2.45) is 16.9 Å². The number of nitriles is 1. The van der Waals surface area contributed by atoms with Crippen LogP contribution in [0.1, 0.15) is 37.5 Å². The number of benzene rings is 1. The summed E-state index contributed by atoms with van der Waals surface area (Å²) in [6, 6.07) is 7.07. The van der Waals surface area contributed by atoms with Crippen LogP contribution in [0.5, 0.6) is 5.75 Å². The lowest BCUT2D eigenvalue weighted by molar-refractivity contribution is -0.135. The molecule has 3 aliphatic rings. The molecule has 0 bridgehead atoms. The second kappa shape index (κ2) is 6.22. The number of hydrogen-bond acceptors (Lipinski definition) is 7. The van der Waals surface area contributed by atoms with E-state index in [4.69, 9.17) is 14.6 Å². The predicted octanol–water partition coefficient (Wildman–Crippen LogP) is 0.932. The van der Waals surface area contributed by atoms with Crippen molar-refractivity contribution in [3.63, 3.8) is 0 Å².